The molecule has 1 aliphatic rings. The number of likely N-dealkylation sites (N-methyl/N-ethyl adjacent to an activating group) is 1. The molecule has 1 atom stereocenters. The second-order valence-electron chi connectivity index (χ2n) is 7.66. The van der Waals surface area contributed by atoms with E-state index in [1.165, 1.54) is 11.1 Å². The minimum atomic E-state index is -0.127. The van der Waals surface area contributed by atoms with Gasteiger partial charge in [-0.15, -0.1) is 11.3 Å². The van der Waals surface area contributed by atoms with E-state index < -0.39 is 0 Å². The summed E-state index contributed by atoms with van der Waals surface area (Å²) >= 11 is 1.64. The van der Waals surface area contributed by atoms with Crippen molar-refractivity contribution in [3.63, 3.8) is 0 Å². The van der Waals surface area contributed by atoms with Crippen LogP contribution < -0.4 is 4.90 Å². The Hall–Kier alpha value is -2.51. The van der Waals surface area contributed by atoms with E-state index in [4.69, 9.17) is 0 Å². The normalized spacial score (nSPS) is 16.2. The maximum absolute atomic E-state index is 13.0. The van der Waals surface area contributed by atoms with Crippen molar-refractivity contribution in [2.45, 2.75) is 26.4 Å². The van der Waals surface area contributed by atoms with Crippen LogP contribution >= 0.6 is 11.3 Å². The molecule has 3 heterocycles. The smallest absolute Gasteiger partial charge is 0.239 e. The minimum Gasteiger partial charge on any atom is -0.353 e. The second-order valence-corrected chi connectivity index (χ2v) is 8.55. The van der Waals surface area contributed by atoms with Gasteiger partial charge in [0, 0.05) is 39.8 Å². The Bertz CT molecular complexity index is 996. The summed E-state index contributed by atoms with van der Waals surface area (Å²) in [6, 6.07) is 10.2. The molecule has 1 saturated heterocycles. The first-order valence-electron chi connectivity index (χ1n) is 10.0. The van der Waals surface area contributed by atoms with Gasteiger partial charge in [-0.05, 0) is 36.4 Å². The number of hydrogen-bond acceptors (Lipinski definition) is 6. The number of aryl methyl sites for hydroxylation is 1. The summed E-state index contributed by atoms with van der Waals surface area (Å²) in [6.07, 6.45) is 1.65. The van der Waals surface area contributed by atoms with Gasteiger partial charge in [0.2, 0.25) is 5.91 Å². The molecular weight excluding hydrogens is 382 g/mol. The van der Waals surface area contributed by atoms with E-state index in [9.17, 15) is 4.79 Å². The maximum atomic E-state index is 13.0. The van der Waals surface area contributed by atoms with Gasteiger partial charge in [-0.3, -0.25) is 9.69 Å². The molecule has 6 nitrogen and oxygen atoms in total. The van der Waals surface area contributed by atoms with Crippen LogP contribution in [-0.4, -0.2) is 64.9 Å². The first-order valence-corrected chi connectivity index (χ1v) is 10.9. The van der Waals surface area contributed by atoms with Gasteiger partial charge in [-0.2, -0.15) is 0 Å². The van der Waals surface area contributed by atoms with E-state index in [1.54, 1.807) is 17.7 Å². The maximum Gasteiger partial charge on any atom is 0.239 e. The van der Waals surface area contributed by atoms with Crippen molar-refractivity contribution in [3.8, 4) is 0 Å². The standard InChI is InChI=1S/C22H27N5OS/c1-16-6-4-5-7-18(16)14-25(3)22(28)17(2)26-9-11-27(12-10-26)20-19-8-13-29-21(19)24-15-23-20/h4-8,13,15,17H,9-12,14H2,1-3H3. The van der Waals surface area contributed by atoms with Crippen LogP contribution in [0.3, 0.4) is 0 Å². The molecule has 2 aromatic heterocycles. The molecule has 1 fully saturated rings. The monoisotopic (exact) mass is 409 g/mol. The van der Waals surface area contributed by atoms with Gasteiger partial charge in [0.1, 0.15) is 17.0 Å². The number of nitrogens with zero attached hydrogens (tertiary/aromatic N) is 5. The van der Waals surface area contributed by atoms with E-state index in [0.29, 0.717) is 6.54 Å². The number of rotatable bonds is 5. The lowest BCUT2D eigenvalue weighted by Gasteiger charge is -2.39. The molecule has 1 aliphatic heterocycles. The van der Waals surface area contributed by atoms with Crippen molar-refractivity contribution >= 4 is 33.3 Å². The van der Waals surface area contributed by atoms with Crippen LogP contribution in [0.4, 0.5) is 5.82 Å². The molecule has 0 N–H and O–H groups in total. The quantitative estimate of drug-likeness (QED) is 0.648. The van der Waals surface area contributed by atoms with E-state index in [2.05, 4.69) is 50.3 Å². The molecule has 0 spiro atoms. The number of carbonyl (C=O) groups excluding carboxylic acids is 1. The zero-order valence-electron chi connectivity index (χ0n) is 17.2. The highest BCUT2D eigenvalue weighted by molar-refractivity contribution is 7.16. The Morgan fingerprint density at radius 3 is 2.69 bits per heavy atom. The number of thiophene rings is 1. The lowest BCUT2D eigenvalue weighted by Crippen LogP contribution is -2.54. The summed E-state index contributed by atoms with van der Waals surface area (Å²) in [5.41, 5.74) is 2.42. The number of piperazine rings is 1. The van der Waals surface area contributed by atoms with E-state index in [1.807, 2.05) is 31.0 Å². The van der Waals surface area contributed by atoms with Gasteiger partial charge in [-0.1, -0.05) is 24.3 Å². The third-order valence-electron chi connectivity index (χ3n) is 5.80. The Labute approximate surface area is 175 Å². The molecule has 1 aromatic carbocycles. The largest absolute Gasteiger partial charge is 0.353 e. The predicted molar refractivity (Wildman–Crippen MR) is 118 cm³/mol. The van der Waals surface area contributed by atoms with Gasteiger partial charge in [0.25, 0.3) is 0 Å². The highest BCUT2D eigenvalue weighted by Gasteiger charge is 2.28. The Morgan fingerprint density at radius 1 is 1.17 bits per heavy atom. The fourth-order valence-corrected chi connectivity index (χ4v) is 4.67. The fraction of sp³-hybridized carbons (Fsp3) is 0.409. The summed E-state index contributed by atoms with van der Waals surface area (Å²) in [7, 11) is 1.90. The van der Waals surface area contributed by atoms with E-state index in [0.717, 1.165) is 42.2 Å². The zero-order chi connectivity index (χ0) is 20.4. The molecule has 3 aromatic rings. The number of amides is 1. The zero-order valence-corrected chi connectivity index (χ0v) is 18.0. The highest BCUT2D eigenvalue weighted by atomic mass is 32.1. The molecule has 7 heteroatoms. The van der Waals surface area contributed by atoms with Crippen LogP contribution in [-0.2, 0) is 11.3 Å². The van der Waals surface area contributed by atoms with Gasteiger partial charge >= 0.3 is 0 Å². The summed E-state index contributed by atoms with van der Waals surface area (Å²) < 4.78 is 0. The number of benzene rings is 1. The molecule has 1 unspecified atom stereocenters. The molecule has 1 amide bonds. The van der Waals surface area contributed by atoms with Crippen molar-refractivity contribution in [2.24, 2.45) is 0 Å². The second kappa shape index (κ2) is 8.47. The third-order valence-corrected chi connectivity index (χ3v) is 6.63. The number of aromatic nitrogens is 2. The van der Waals surface area contributed by atoms with Crippen molar-refractivity contribution < 1.29 is 4.79 Å². The van der Waals surface area contributed by atoms with Crippen LogP contribution in [0.5, 0.6) is 0 Å². The van der Waals surface area contributed by atoms with Crippen LogP contribution in [0.25, 0.3) is 10.2 Å². The SMILES string of the molecule is Cc1ccccc1CN(C)C(=O)C(C)N1CCN(c2ncnc3sccc23)CC1. The number of hydrogen-bond donors (Lipinski definition) is 0. The Balaban J connectivity index is 1.37. The van der Waals surface area contributed by atoms with Crippen molar-refractivity contribution in [1.82, 2.24) is 19.8 Å². The summed E-state index contributed by atoms with van der Waals surface area (Å²) in [5, 5.41) is 3.18. The molecule has 152 valence electrons. The molecule has 0 radical (unpaired) electrons. The summed E-state index contributed by atoms with van der Waals surface area (Å²) in [6.45, 7) is 8.18. The minimum absolute atomic E-state index is 0.127. The van der Waals surface area contributed by atoms with Crippen molar-refractivity contribution in [2.75, 3.05) is 38.1 Å². The lowest BCUT2D eigenvalue weighted by molar-refractivity contribution is -0.135. The van der Waals surface area contributed by atoms with Crippen LogP contribution in [0, 0.1) is 6.92 Å². The molecule has 4 rings (SSSR count). The average Bonchev–Trinajstić information content (AvgIpc) is 3.23. The van der Waals surface area contributed by atoms with Crippen molar-refractivity contribution in [3.05, 3.63) is 53.2 Å². The van der Waals surface area contributed by atoms with Gasteiger partial charge in [0.05, 0.1) is 11.4 Å². The fourth-order valence-electron chi connectivity index (χ4n) is 3.95. The Kier molecular flexibility index (Phi) is 5.78. The van der Waals surface area contributed by atoms with Crippen molar-refractivity contribution in [1.29, 1.82) is 0 Å². The predicted octanol–water partition coefficient (Wildman–Crippen LogP) is 3.17. The van der Waals surface area contributed by atoms with Crippen LogP contribution in [0.15, 0.2) is 42.0 Å². The lowest BCUT2D eigenvalue weighted by atomic mass is 10.1. The van der Waals surface area contributed by atoms with E-state index in [-0.39, 0.29) is 11.9 Å². The molecular formula is C22H27N5OS. The summed E-state index contributed by atoms with van der Waals surface area (Å²) in [5.74, 6) is 1.18. The first-order chi connectivity index (χ1) is 14.0. The number of anilines is 1. The number of fused-ring (bicyclic) bond motifs is 1. The molecule has 0 aliphatic carbocycles. The Morgan fingerprint density at radius 2 is 1.93 bits per heavy atom. The summed E-state index contributed by atoms with van der Waals surface area (Å²) in [4.78, 5) is 29.3. The van der Waals surface area contributed by atoms with Crippen LogP contribution in [0.2, 0.25) is 0 Å². The van der Waals surface area contributed by atoms with Gasteiger partial charge in [0.15, 0.2) is 0 Å². The van der Waals surface area contributed by atoms with Gasteiger partial charge < -0.3 is 9.80 Å². The van der Waals surface area contributed by atoms with E-state index >= 15 is 0 Å². The van der Waals surface area contributed by atoms with Crippen LogP contribution in [0.1, 0.15) is 18.1 Å². The number of carbonyl (C=O) groups is 1. The molecule has 0 saturated carbocycles. The topological polar surface area (TPSA) is 52.6 Å². The molecule has 0 bridgehead atoms. The van der Waals surface area contributed by atoms with Gasteiger partial charge in [-0.25, -0.2) is 9.97 Å². The third kappa shape index (κ3) is 4.11. The average molecular weight is 410 g/mol. The highest BCUT2D eigenvalue weighted by Crippen LogP contribution is 2.27. The molecule has 29 heavy (non-hydrogen) atoms. The first kappa shape index (κ1) is 19.8.